The number of esters is 1. The summed E-state index contributed by atoms with van der Waals surface area (Å²) in [5.74, 6) is -0.312. The maximum absolute atomic E-state index is 11.7. The van der Waals surface area contributed by atoms with E-state index in [0.29, 0.717) is 18.8 Å². The van der Waals surface area contributed by atoms with Gasteiger partial charge in [0.05, 0.1) is 12.2 Å². The van der Waals surface area contributed by atoms with E-state index in [0.717, 1.165) is 27.5 Å². The highest BCUT2D eigenvalue weighted by molar-refractivity contribution is 14.1. The molecule has 0 N–H and O–H groups in total. The molecule has 5 heteroatoms. The zero-order valence-electron chi connectivity index (χ0n) is 10.2. The summed E-state index contributed by atoms with van der Waals surface area (Å²) in [6.45, 7) is 3.59. The number of hydrogen-bond donors (Lipinski definition) is 0. The topological polar surface area (TPSA) is 35.5 Å². The highest BCUT2D eigenvalue weighted by atomic mass is 127. The Morgan fingerprint density at radius 3 is 2.72 bits per heavy atom. The molecule has 0 unspecified atom stereocenters. The molecule has 3 nitrogen and oxygen atoms in total. The van der Waals surface area contributed by atoms with E-state index < -0.39 is 0 Å². The molecule has 1 aromatic carbocycles. The first-order valence-corrected chi connectivity index (χ1v) is 7.71. The van der Waals surface area contributed by atoms with Crippen molar-refractivity contribution >= 4 is 44.5 Å². The molecule has 1 aromatic rings. The Balaban J connectivity index is 2.32. The molecule has 100 valence electrons. The fourth-order valence-electron chi connectivity index (χ4n) is 1.30. The van der Waals surface area contributed by atoms with Crippen LogP contribution in [0.3, 0.4) is 0 Å². The highest BCUT2D eigenvalue weighted by Crippen LogP contribution is 2.17. The molecule has 0 saturated carbocycles. The molecule has 0 aromatic heterocycles. The van der Waals surface area contributed by atoms with Crippen molar-refractivity contribution < 1.29 is 14.3 Å². The summed E-state index contributed by atoms with van der Waals surface area (Å²) in [6, 6.07) is 5.49. The minimum Gasteiger partial charge on any atom is -0.460 e. The molecule has 0 atom stereocenters. The first-order chi connectivity index (χ1) is 8.63. The third-order valence-corrected chi connectivity index (χ3v) is 3.28. The smallest absolute Gasteiger partial charge is 0.338 e. The summed E-state index contributed by atoms with van der Waals surface area (Å²) in [5, 5.41) is 0. The number of carbonyl (C=O) groups excluding carboxylic acids is 1. The number of rotatable bonds is 7. The third kappa shape index (κ3) is 6.15. The Bertz CT molecular complexity index is 376. The number of unbranched alkanes of at least 4 members (excludes halogenated alkanes) is 1. The minimum absolute atomic E-state index is 0.297. The molecular formula is C13H16BrIO3. The fourth-order valence-corrected chi connectivity index (χ4v) is 2.89. The van der Waals surface area contributed by atoms with E-state index >= 15 is 0 Å². The van der Waals surface area contributed by atoms with Crippen LogP contribution in [0.1, 0.15) is 30.1 Å². The zero-order chi connectivity index (χ0) is 13.4. The van der Waals surface area contributed by atoms with E-state index in [1.165, 1.54) is 0 Å². The average molecular weight is 427 g/mol. The molecule has 0 amide bonds. The van der Waals surface area contributed by atoms with Crippen LogP contribution in [0, 0.1) is 3.57 Å². The molecule has 0 saturated heterocycles. The number of benzene rings is 1. The van der Waals surface area contributed by atoms with E-state index in [1.54, 1.807) is 12.1 Å². The maximum Gasteiger partial charge on any atom is 0.338 e. The van der Waals surface area contributed by atoms with Gasteiger partial charge in [-0.1, -0.05) is 29.3 Å². The summed E-state index contributed by atoms with van der Waals surface area (Å²) in [7, 11) is 0. The third-order valence-electron chi connectivity index (χ3n) is 2.20. The Labute approximate surface area is 130 Å². The van der Waals surface area contributed by atoms with Gasteiger partial charge in [-0.2, -0.15) is 0 Å². The van der Waals surface area contributed by atoms with Crippen LogP contribution >= 0.6 is 38.5 Å². The second-order valence-electron chi connectivity index (χ2n) is 3.76. The Hall–Kier alpha value is -0.140. The monoisotopic (exact) mass is 426 g/mol. The molecule has 0 aliphatic heterocycles. The van der Waals surface area contributed by atoms with E-state index in [4.69, 9.17) is 9.47 Å². The van der Waals surface area contributed by atoms with Crippen molar-refractivity contribution in [1.29, 1.82) is 0 Å². The van der Waals surface area contributed by atoms with Gasteiger partial charge < -0.3 is 9.47 Å². The first-order valence-electron chi connectivity index (χ1n) is 5.84. The van der Waals surface area contributed by atoms with Crippen molar-refractivity contribution in [1.82, 2.24) is 0 Å². The van der Waals surface area contributed by atoms with Crippen LogP contribution < -0.4 is 0 Å². The van der Waals surface area contributed by atoms with Crippen LogP contribution in [-0.4, -0.2) is 25.8 Å². The van der Waals surface area contributed by atoms with Gasteiger partial charge in [0, 0.05) is 14.6 Å². The Morgan fingerprint density at radius 1 is 1.28 bits per heavy atom. The summed E-state index contributed by atoms with van der Waals surface area (Å²) >= 11 is 5.52. The van der Waals surface area contributed by atoms with Crippen LogP contribution in [0.4, 0.5) is 0 Å². The number of hydrogen-bond acceptors (Lipinski definition) is 3. The van der Waals surface area contributed by atoms with Crippen LogP contribution in [-0.2, 0) is 9.47 Å². The van der Waals surface area contributed by atoms with Gasteiger partial charge in [0.2, 0.25) is 0 Å². The normalized spacial score (nSPS) is 10.4. The second kappa shape index (κ2) is 8.87. The quantitative estimate of drug-likeness (QED) is 0.375. The van der Waals surface area contributed by atoms with Crippen LogP contribution in [0.25, 0.3) is 0 Å². The molecule has 0 aliphatic rings. The maximum atomic E-state index is 11.7. The molecule has 0 bridgehead atoms. The first kappa shape index (κ1) is 15.9. The lowest BCUT2D eigenvalue weighted by molar-refractivity contribution is 0.0313. The van der Waals surface area contributed by atoms with Crippen LogP contribution in [0.15, 0.2) is 22.7 Å². The van der Waals surface area contributed by atoms with E-state index in [9.17, 15) is 4.79 Å². The van der Waals surface area contributed by atoms with Crippen molar-refractivity contribution in [2.45, 2.75) is 19.8 Å². The number of halogens is 2. The summed E-state index contributed by atoms with van der Waals surface area (Å²) in [5.41, 5.74) is 0.558. The molecule has 18 heavy (non-hydrogen) atoms. The largest absolute Gasteiger partial charge is 0.460 e. The van der Waals surface area contributed by atoms with Crippen molar-refractivity contribution in [3.8, 4) is 0 Å². The molecule has 0 heterocycles. The van der Waals surface area contributed by atoms with Crippen LogP contribution in [0.2, 0.25) is 0 Å². The van der Waals surface area contributed by atoms with Crippen molar-refractivity contribution in [2.75, 3.05) is 19.8 Å². The molecule has 0 spiro atoms. The summed E-state index contributed by atoms with van der Waals surface area (Å²) < 4.78 is 12.3. The van der Waals surface area contributed by atoms with Crippen molar-refractivity contribution in [3.63, 3.8) is 0 Å². The predicted molar refractivity (Wildman–Crippen MR) is 82.9 cm³/mol. The van der Waals surface area contributed by atoms with E-state index in [2.05, 4.69) is 45.4 Å². The summed E-state index contributed by atoms with van der Waals surface area (Å²) in [4.78, 5) is 11.7. The standard InChI is InChI=1S/C13H16BrIO3/c1-2-3-4-17-5-6-18-13(16)10-7-11(14)9-12(15)8-10/h7-9H,2-6H2,1H3. The lowest BCUT2D eigenvalue weighted by Gasteiger charge is -2.06. The number of carbonyl (C=O) groups is 1. The SMILES string of the molecule is CCCCOCCOC(=O)c1cc(Br)cc(I)c1. The number of ether oxygens (including phenoxy) is 2. The van der Waals surface area contributed by atoms with Gasteiger partial charge >= 0.3 is 5.97 Å². The Kier molecular flexibility index (Phi) is 7.85. The lowest BCUT2D eigenvalue weighted by atomic mass is 10.2. The fraction of sp³-hybridized carbons (Fsp3) is 0.462. The minimum atomic E-state index is -0.312. The van der Waals surface area contributed by atoms with Gasteiger partial charge in [-0.15, -0.1) is 0 Å². The molecular weight excluding hydrogens is 411 g/mol. The molecule has 1 rings (SSSR count). The molecule has 0 aliphatic carbocycles. The van der Waals surface area contributed by atoms with Gasteiger partial charge in [0.15, 0.2) is 0 Å². The predicted octanol–water partition coefficient (Wildman–Crippen LogP) is 4.03. The average Bonchev–Trinajstić information content (AvgIpc) is 2.32. The van der Waals surface area contributed by atoms with E-state index in [1.807, 2.05) is 6.07 Å². The van der Waals surface area contributed by atoms with Gasteiger partial charge in [-0.3, -0.25) is 0 Å². The molecule has 0 radical (unpaired) electrons. The van der Waals surface area contributed by atoms with Gasteiger partial charge in [0.25, 0.3) is 0 Å². The lowest BCUT2D eigenvalue weighted by Crippen LogP contribution is -2.11. The van der Waals surface area contributed by atoms with Gasteiger partial charge in [-0.25, -0.2) is 4.79 Å². The second-order valence-corrected chi connectivity index (χ2v) is 5.92. The Morgan fingerprint density at radius 2 is 2.06 bits per heavy atom. The van der Waals surface area contributed by atoms with Gasteiger partial charge in [0.1, 0.15) is 6.61 Å². The summed E-state index contributed by atoms with van der Waals surface area (Å²) in [6.07, 6.45) is 2.15. The molecule has 0 fully saturated rings. The van der Waals surface area contributed by atoms with Crippen LogP contribution in [0.5, 0.6) is 0 Å². The zero-order valence-corrected chi connectivity index (χ0v) is 14.0. The van der Waals surface area contributed by atoms with Crippen molar-refractivity contribution in [2.24, 2.45) is 0 Å². The van der Waals surface area contributed by atoms with Gasteiger partial charge in [-0.05, 0) is 47.2 Å². The van der Waals surface area contributed by atoms with Crippen molar-refractivity contribution in [3.05, 3.63) is 31.8 Å². The highest BCUT2D eigenvalue weighted by Gasteiger charge is 2.08. The van der Waals surface area contributed by atoms with E-state index in [-0.39, 0.29) is 5.97 Å².